The van der Waals surface area contributed by atoms with Crippen LogP contribution in [0.15, 0.2) is 24.3 Å². The zero-order valence-electron chi connectivity index (χ0n) is 12.3. The summed E-state index contributed by atoms with van der Waals surface area (Å²) >= 11 is 0. The summed E-state index contributed by atoms with van der Waals surface area (Å²) in [5, 5.41) is 6.19. The van der Waals surface area contributed by atoms with Crippen LogP contribution in [0, 0.1) is 5.82 Å². The molecule has 1 aliphatic rings. The molecule has 6 heteroatoms. The summed E-state index contributed by atoms with van der Waals surface area (Å²) in [6, 6.07) is 6.67. The molecule has 0 spiro atoms. The second kappa shape index (κ2) is 8.97. The Morgan fingerprint density at radius 2 is 2.33 bits per heavy atom. The lowest BCUT2D eigenvalue weighted by Crippen LogP contribution is -2.49. The summed E-state index contributed by atoms with van der Waals surface area (Å²) in [5.74, 6) is -0.196. The van der Waals surface area contributed by atoms with Gasteiger partial charge in [0.25, 0.3) is 0 Å². The maximum absolute atomic E-state index is 13.4. The van der Waals surface area contributed by atoms with Gasteiger partial charge in [-0.05, 0) is 24.1 Å². The van der Waals surface area contributed by atoms with Gasteiger partial charge in [0.15, 0.2) is 0 Å². The fourth-order valence-electron chi connectivity index (χ4n) is 2.48. The maximum atomic E-state index is 13.4. The topological polar surface area (TPSA) is 44.4 Å². The Bertz CT molecular complexity index is 458. The number of halogens is 2. The van der Waals surface area contributed by atoms with Crippen LogP contribution in [-0.4, -0.2) is 43.5 Å². The largest absolute Gasteiger partial charge is 0.355 e. The Morgan fingerprint density at radius 1 is 1.52 bits per heavy atom. The third-order valence-corrected chi connectivity index (χ3v) is 3.51. The van der Waals surface area contributed by atoms with Crippen molar-refractivity contribution in [1.82, 2.24) is 15.5 Å². The number of benzene rings is 1. The van der Waals surface area contributed by atoms with E-state index in [-0.39, 0.29) is 30.2 Å². The van der Waals surface area contributed by atoms with E-state index in [1.54, 1.807) is 12.1 Å². The van der Waals surface area contributed by atoms with Crippen molar-refractivity contribution in [2.24, 2.45) is 0 Å². The number of hydrogen-bond acceptors (Lipinski definition) is 3. The van der Waals surface area contributed by atoms with Gasteiger partial charge < -0.3 is 10.6 Å². The summed E-state index contributed by atoms with van der Waals surface area (Å²) in [6.45, 7) is 5.48. The lowest BCUT2D eigenvalue weighted by Gasteiger charge is -2.36. The number of rotatable bonds is 5. The molecule has 1 aromatic rings. The summed E-state index contributed by atoms with van der Waals surface area (Å²) in [4.78, 5) is 14.0. The molecule has 1 fully saturated rings. The number of nitrogens with zero attached hydrogens (tertiary/aromatic N) is 1. The van der Waals surface area contributed by atoms with Crippen molar-refractivity contribution in [3.8, 4) is 0 Å². The summed E-state index contributed by atoms with van der Waals surface area (Å²) < 4.78 is 13.4. The minimum atomic E-state index is -0.233. The highest BCUT2D eigenvalue weighted by atomic mass is 35.5. The van der Waals surface area contributed by atoms with Crippen molar-refractivity contribution < 1.29 is 9.18 Å². The normalized spacial score (nSPS) is 18.9. The molecule has 0 saturated carbocycles. The third-order valence-electron chi connectivity index (χ3n) is 3.51. The number of carbonyl (C=O) groups is 1. The lowest BCUT2D eigenvalue weighted by atomic mass is 10.0. The summed E-state index contributed by atoms with van der Waals surface area (Å²) in [7, 11) is 0. The molecule has 0 bridgehead atoms. The van der Waals surface area contributed by atoms with Crippen LogP contribution < -0.4 is 10.6 Å². The molecule has 4 nitrogen and oxygen atoms in total. The number of hydrogen-bond donors (Lipinski definition) is 2. The predicted octanol–water partition coefficient (Wildman–Crippen LogP) is 1.72. The highest BCUT2D eigenvalue weighted by Crippen LogP contribution is 2.22. The molecule has 2 N–H and O–H groups in total. The van der Waals surface area contributed by atoms with E-state index in [1.807, 2.05) is 13.0 Å². The van der Waals surface area contributed by atoms with E-state index in [9.17, 15) is 9.18 Å². The Kier molecular flexibility index (Phi) is 7.64. The van der Waals surface area contributed by atoms with Gasteiger partial charge in [0.05, 0.1) is 6.54 Å². The van der Waals surface area contributed by atoms with Crippen LogP contribution in [0.4, 0.5) is 4.39 Å². The van der Waals surface area contributed by atoms with Crippen molar-refractivity contribution in [2.75, 3.05) is 32.7 Å². The second-order valence-corrected chi connectivity index (χ2v) is 5.10. The molecular weight excluding hydrogens is 293 g/mol. The standard InChI is InChI=1S/C15H22FN3O.ClH/c1-2-6-18-15(20)11-19-8-7-17-10-14(19)12-4-3-5-13(16)9-12;/h3-5,9,14,17H,2,6-8,10-11H2,1H3,(H,18,20);1H. The van der Waals surface area contributed by atoms with E-state index < -0.39 is 0 Å². The minimum Gasteiger partial charge on any atom is -0.355 e. The molecule has 2 rings (SSSR count). The first-order chi connectivity index (χ1) is 9.70. The van der Waals surface area contributed by atoms with Crippen LogP contribution in [0.3, 0.4) is 0 Å². The van der Waals surface area contributed by atoms with Gasteiger partial charge in [-0.25, -0.2) is 4.39 Å². The number of nitrogens with one attached hydrogen (secondary N) is 2. The van der Waals surface area contributed by atoms with Gasteiger partial charge in [0.1, 0.15) is 5.82 Å². The van der Waals surface area contributed by atoms with E-state index in [0.29, 0.717) is 13.1 Å². The Labute approximate surface area is 131 Å². The SMILES string of the molecule is CCCNC(=O)CN1CCNCC1c1cccc(F)c1.Cl. The van der Waals surface area contributed by atoms with Gasteiger partial charge >= 0.3 is 0 Å². The van der Waals surface area contributed by atoms with Crippen LogP contribution >= 0.6 is 12.4 Å². The first kappa shape index (κ1) is 17.9. The molecule has 1 aromatic carbocycles. The monoisotopic (exact) mass is 315 g/mol. The Morgan fingerprint density at radius 3 is 3.05 bits per heavy atom. The third kappa shape index (κ3) is 5.26. The summed E-state index contributed by atoms with van der Waals surface area (Å²) in [5.41, 5.74) is 0.917. The van der Waals surface area contributed by atoms with E-state index in [2.05, 4.69) is 15.5 Å². The fraction of sp³-hybridized carbons (Fsp3) is 0.533. The molecule has 118 valence electrons. The first-order valence-electron chi connectivity index (χ1n) is 7.17. The number of carbonyl (C=O) groups excluding carboxylic acids is 1. The van der Waals surface area contributed by atoms with Crippen molar-refractivity contribution in [2.45, 2.75) is 19.4 Å². The summed E-state index contributed by atoms with van der Waals surface area (Å²) in [6.07, 6.45) is 0.931. The van der Waals surface area contributed by atoms with Gasteiger partial charge in [0.2, 0.25) is 5.91 Å². The van der Waals surface area contributed by atoms with Crippen LogP contribution in [0.2, 0.25) is 0 Å². The fourth-order valence-corrected chi connectivity index (χ4v) is 2.48. The highest BCUT2D eigenvalue weighted by Gasteiger charge is 2.25. The van der Waals surface area contributed by atoms with Gasteiger partial charge in [-0.15, -0.1) is 12.4 Å². The zero-order chi connectivity index (χ0) is 14.4. The van der Waals surface area contributed by atoms with Crippen LogP contribution in [0.25, 0.3) is 0 Å². The quantitative estimate of drug-likeness (QED) is 0.869. The van der Waals surface area contributed by atoms with Crippen molar-refractivity contribution in [3.63, 3.8) is 0 Å². The maximum Gasteiger partial charge on any atom is 0.234 e. The molecule has 21 heavy (non-hydrogen) atoms. The smallest absolute Gasteiger partial charge is 0.234 e. The van der Waals surface area contributed by atoms with E-state index in [0.717, 1.165) is 31.6 Å². The average molecular weight is 316 g/mol. The zero-order valence-corrected chi connectivity index (χ0v) is 13.1. The Hall–Kier alpha value is -1.17. The molecule has 1 amide bonds. The molecule has 1 heterocycles. The van der Waals surface area contributed by atoms with E-state index in [4.69, 9.17) is 0 Å². The van der Waals surface area contributed by atoms with E-state index >= 15 is 0 Å². The van der Waals surface area contributed by atoms with Crippen molar-refractivity contribution in [3.05, 3.63) is 35.6 Å². The van der Waals surface area contributed by atoms with Crippen molar-refractivity contribution in [1.29, 1.82) is 0 Å². The molecule has 0 aromatic heterocycles. The second-order valence-electron chi connectivity index (χ2n) is 5.10. The number of amides is 1. The van der Waals surface area contributed by atoms with Gasteiger partial charge in [-0.3, -0.25) is 9.69 Å². The molecule has 0 radical (unpaired) electrons. The number of piperazine rings is 1. The molecule has 1 aliphatic heterocycles. The average Bonchev–Trinajstić information content (AvgIpc) is 2.45. The van der Waals surface area contributed by atoms with E-state index in [1.165, 1.54) is 6.07 Å². The Balaban J connectivity index is 0.00000220. The molecular formula is C15H23ClFN3O. The van der Waals surface area contributed by atoms with Gasteiger partial charge in [-0.1, -0.05) is 19.1 Å². The molecule has 0 aliphatic carbocycles. The minimum absolute atomic E-state index is 0. The lowest BCUT2D eigenvalue weighted by molar-refractivity contribution is -0.123. The van der Waals surface area contributed by atoms with Gasteiger partial charge in [0, 0.05) is 32.2 Å². The predicted molar refractivity (Wildman–Crippen MR) is 84.1 cm³/mol. The molecule has 1 unspecified atom stereocenters. The van der Waals surface area contributed by atoms with Crippen LogP contribution in [0.5, 0.6) is 0 Å². The highest BCUT2D eigenvalue weighted by molar-refractivity contribution is 5.85. The molecule has 1 atom stereocenters. The first-order valence-corrected chi connectivity index (χ1v) is 7.17. The van der Waals surface area contributed by atoms with Crippen molar-refractivity contribution >= 4 is 18.3 Å². The van der Waals surface area contributed by atoms with Crippen LogP contribution in [0.1, 0.15) is 24.9 Å². The molecule has 1 saturated heterocycles. The van der Waals surface area contributed by atoms with Crippen LogP contribution in [-0.2, 0) is 4.79 Å². The van der Waals surface area contributed by atoms with Gasteiger partial charge in [-0.2, -0.15) is 0 Å².